The van der Waals surface area contributed by atoms with Crippen LogP contribution in [0.1, 0.15) is 5.56 Å². The van der Waals surface area contributed by atoms with Gasteiger partial charge in [0.25, 0.3) is 11.1 Å². The van der Waals surface area contributed by atoms with Crippen LogP contribution in [0.15, 0.2) is 47.4 Å². The molecule has 1 saturated heterocycles. The third-order valence-electron chi connectivity index (χ3n) is 3.13. The number of hydrogen-bond donors (Lipinski definition) is 0. The largest absolute Gasteiger partial charge is 0.298 e. The Morgan fingerprint density at radius 2 is 1.74 bits per heavy atom. The highest BCUT2D eigenvalue weighted by Gasteiger charge is 2.36. The van der Waals surface area contributed by atoms with E-state index >= 15 is 0 Å². The number of rotatable bonds is 2. The Morgan fingerprint density at radius 1 is 1.04 bits per heavy atom. The van der Waals surface area contributed by atoms with E-state index in [1.165, 1.54) is 30.3 Å². The summed E-state index contributed by atoms with van der Waals surface area (Å²) in [6.45, 7) is 0. The smallest absolute Gasteiger partial charge is 0.268 e. The zero-order valence-electron chi connectivity index (χ0n) is 11.4. The van der Waals surface area contributed by atoms with Crippen LogP contribution in [-0.2, 0) is 4.79 Å². The molecule has 7 heteroatoms. The molecule has 1 aliphatic heterocycles. The fourth-order valence-electron chi connectivity index (χ4n) is 2.04. The molecular weight excluding hydrogens is 360 g/mol. The molecule has 1 fully saturated rings. The van der Waals surface area contributed by atoms with E-state index in [9.17, 15) is 14.0 Å². The second-order valence-electron chi connectivity index (χ2n) is 4.66. The van der Waals surface area contributed by atoms with Gasteiger partial charge in [-0.05, 0) is 59.8 Å². The van der Waals surface area contributed by atoms with Crippen LogP contribution in [-0.4, -0.2) is 11.1 Å². The van der Waals surface area contributed by atoms with E-state index in [2.05, 4.69) is 0 Å². The molecule has 0 aliphatic carbocycles. The zero-order valence-corrected chi connectivity index (χ0v) is 13.8. The minimum atomic E-state index is -0.474. The molecule has 2 amide bonds. The van der Waals surface area contributed by atoms with Gasteiger partial charge in [0.15, 0.2) is 0 Å². The van der Waals surface area contributed by atoms with E-state index < -0.39 is 17.0 Å². The number of imide groups is 1. The second-order valence-corrected chi connectivity index (χ2v) is 6.50. The van der Waals surface area contributed by atoms with Crippen LogP contribution in [0.2, 0.25) is 10.0 Å². The first-order valence-electron chi connectivity index (χ1n) is 6.44. The van der Waals surface area contributed by atoms with Crippen molar-refractivity contribution in [3.63, 3.8) is 0 Å². The van der Waals surface area contributed by atoms with Crippen LogP contribution < -0.4 is 4.90 Å². The molecule has 0 spiro atoms. The Morgan fingerprint density at radius 3 is 2.39 bits per heavy atom. The molecule has 0 N–H and O–H groups in total. The Kier molecular flexibility index (Phi) is 4.43. The molecule has 3 rings (SSSR count). The summed E-state index contributed by atoms with van der Waals surface area (Å²) in [4.78, 5) is 25.8. The van der Waals surface area contributed by atoms with Crippen molar-refractivity contribution in [2.45, 2.75) is 0 Å². The van der Waals surface area contributed by atoms with Crippen LogP contribution in [0.25, 0.3) is 6.08 Å². The fourth-order valence-corrected chi connectivity index (χ4v) is 3.34. The zero-order chi connectivity index (χ0) is 16.6. The molecule has 0 atom stereocenters. The molecule has 2 aromatic rings. The van der Waals surface area contributed by atoms with Crippen LogP contribution in [0.5, 0.6) is 0 Å². The van der Waals surface area contributed by atoms with Crippen LogP contribution in [0.4, 0.5) is 14.9 Å². The van der Waals surface area contributed by atoms with Gasteiger partial charge < -0.3 is 0 Å². The van der Waals surface area contributed by atoms with Gasteiger partial charge in [-0.15, -0.1) is 0 Å². The molecule has 0 aromatic heterocycles. The molecule has 1 aliphatic rings. The van der Waals surface area contributed by atoms with Crippen LogP contribution >= 0.6 is 35.0 Å². The predicted octanol–water partition coefficient (Wildman–Crippen LogP) is 5.37. The van der Waals surface area contributed by atoms with Gasteiger partial charge in [0.2, 0.25) is 0 Å². The Bertz CT molecular complexity index is 836. The molecule has 2 aromatic carbocycles. The van der Waals surface area contributed by atoms with Crippen molar-refractivity contribution < 1.29 is 14.0 Å². The Hall–Kier alpha value is -1.82. The molecule has 23 heavy (non-hydrogen) atoms. The maximum atomic E-state index is 13.0. The number of hydrogen-bond acceptors (Lipinski definition) is 3. The lowest BCUT2D eigenvalue weighted by Gasteiger charge is -2.11. The first-order valence-corrected chi connectivity index (χ1v) is 8.01. The quantitative estimate of drug-likeness (QED) is 0.669. The normalized spacial score (nSPS) is 16.5. The number of anilines is 1. The fraction of sp³-hybridized carbons (Fsp3) is 0. The van der Waals surface area contributed by atoms with E-state index in [1.54, 1.807) is 18.2 Å². The van der Waals surface area contributed by atoms with Gasteiger partial charge in [-0.1, -0.05) is 29.3 Å². The highest BCUT2D eigenvalue weighted by atomic mass is 35.5. The summed E-state index contributed by atoms with van der Waals surface area (Å²) in [5.74, 6) is -0.915. The molecule has 0 saturated carbocycles. The van der Waals surface area contributed by atoms with Crippen molar-refractivity contribution in [1.29, 1.82) is 0 Å². The minimum absolute atomic E-state index is 0.239. The van der Waals surface area contributed by atoms with Crippen molar-refractivity contribution in [1.82, 2.24) is 0 Å². The van der Waals surface area contributed by atoms with Gasteiger partial charge in [0.1, 0.15) is 5.82 Å². The third kappa shape index (κ3) is 3.27. The molecule has 116 valence electrons. The number of benzene rings is 2. The maximum absolute atomic E-state index is 13.0. The van der Waals surface area contributed by atoms with Gasteiger partial charge in [-0.3, -0.25) is 9.59 Å². The average molecular weight is 368 g/mol. The SMILES string of the molecule is O=C1S/C(=C\c2ccc(Cl)cc2Cl)C(=O)N1c1ccc(F)cc1. The summed E-state index contributed by atoms with van der Waals surface area (Å²) >= 11 is 12.7. The van der Waals surface area contributed by atoms with Crippen molar-refractivity contribution in [3.05, 3.63) is 68.8 Å². The average Bonchev–Trinajstić information content (AvgIpc) is 2.78. The Balaban J connectivity index is 1.94. The lowest BCUT2D eigenvalue weighted by Crippen LogP contribution is -2.27. The maximum Gasteiger partial charge on any atom is 0.298 e. The first kappa shape index (κ1) is 16.1. The lowest BCUT2D eigenvalue weighted by molar-refractivity contribution is -0.113. The Labute approximate surface area is 145 Å². The summed E-state index contributed by atoms with van der Waals surface area (Å²) in [6.07, 6.45) is 1.53. The summed E-state index contributed by atoms with van der Waals surface area (Å²) in [5.41, 5.74) is 0.903. The van der Waals surface area contributed by atoms with Crippen molar-refractivity contribution in [2.24, 2.45) is 0 Å². The predicted molar refractivity (Wildman–Crippen MR) is 91.3 cm³/mol. The van der Waals surface area contributed by atoms with E-state index in [0.29, 0.717) is 21.3 Å². The van der Waals surface area contributed by atoms with E-state index in [1.807, 2.05) is 0 Å². The number of carbonyl (C=O) groups excluding carboxylic acids is 2. The number of thioether (sulfide) groups is 1. The van der Waals surface area contributed by atoms with Gasteiger partial charge in [0.05, 0.1) is 10.6 Å². The lowest BCUT2D eigenvalue weighted by atomic mass is 10.2. The number of carbonyl (C=O) groups is 2. The standard InChI is InChI=1S/C16H8Cl2FNO2S/c17-10-2-1-9(13(18)8-10)7-14-15(21)20(16(22)23-14)12-5-3-11(19)4-6-12/h1-8H/b14-7-. The monoisotopic (exact) mass is 367 g/mol. The van der Waals surface area contributed by atoms with Crippen molar-refractivity contribution in [3.8, 4) is 0 Å². The molecular formula is C16H8Cl2FNO2S. The van der Waals surface area contributed by atoms with Crippen LogP contribution in [0, 0.1) is 5.82 Å². The van der Waals surface area contributed by atoms with Crippen LogP contribution in [0.3, 0.4) is 0 Å². The molecule has 0 radical (unpaired) electrons. The minimum Gasteiger partial charge on any atom is -0.268 e. The van der Waals surface area contributed by atoms with Gasteiger partial charge in [-0.2, -0.15) is 0 Å². The van der Waals surface area contributed by atoms with Crippen molar-refractivity contribution in [2.75, 3.05) is 4.90 Å². The summed E-state index contributed by atoms with van der Waals surface area (Å²) in [7, 11) is 0. The number of amides is 2. The summed E-state index contributed by atoms with van der Waals surface area (Å²) in [6, 6.07) is 10.0. The highest BCUT2D eigenvalue weighted by Crippen LogP contribution is 2.36. The molecule has 3 nitrogen and oxygen atoms in total. The van der Waals surface area contributed by atoms with Gasteiger partial charge in [-0.25, -0.2) is 9.29 Å². The van der Waals surface area contributed by atoms with E-state index in [4.69, 9.17) is 23.2 Å². The van der Waals surface area contributed by atoms with E-state index in [-0.39, 0.29) is 4.91 Å². The third-order valence-corrected chi connectivity index (χ3v) is 4.56. The van der Waals surface area contributed by atoms with E-state index in [0.717, 1.165) is 16.7 Å². The highest BCUT2D eigenvalue weighted by molar-refractivity contribution is 8.19. The second kappa shape index (κ2) is 6.35. The molecule has 0 bridgehead atoms. The van der Waals surface area contributed by atoms with Gasteiger partial charge in [0, 0.05) is 10.0 Å². The first-order chi connectivity index (χ1) is 11.0. The number of halogens is 3. The summed E-state index contributed by atoms with van der Waals surface area (Å²) < 4.78 is 13.0. The number of nitrogens with zero attached hydrogens (tertiary/aromatic N) is 1. The van der Waals surface area contributed by atoms with Gasteiger partial charge >= 0.3 is 0 Å². The summed E-state index contributed by atoms with van der Waals surface area (Å²) in [5, 5.41) is 0.413. The molecule has 1 heterocycles. The topological polar surface area (TPSA) is 37.4 Å². The molecule has 0 unspecified atom stereocenters. The van der Waals surface area contributed by atoms with Crippen molar-refractivity contribution >= 4 is 57.9 Å².